The van der Waals surface area contributed by atoms with Crippen LogP contribution in [0.2, 0.25) is 5.02 Å². The van der Waals surface area contributed by atoms with E-state index in [9.17, 15) is 4.79 Å². The van der Waals surface area contributed by atoms with Crippen molar-refractivity contribution in [1.82, 2.24) is 15.1 Å². The Kier molecular flexibility index (Phi) is 5.34. The van der Waals surface area contributed by atoms with Gasteiger partial charge < -0.3 is 14.6 Å². The van der Waals surface area contributed by atoms with Crippen molar-refractivity contribution in [3.8, 4) is 11.3 Å². The molecule has 1 saturated heterocycles. The number of urea groups is 1. The van der Waals surface area contributed by atoms with Gasteiger partial charge in [-0.15, -0.1) is 0 Å². The first-order chi connectivity index (χ1) is 12.5. The van der Waals surface area contributed by atoms with Crippen molar-refractivity contribution in [3.05, 3.63) is 47.2 Å². The maximum absolute atomic E-state index is 12.4. The van der Waals surface area contributed by atoms with Gasteiger partial charge in [0.25, 0.3) is 0 Å². The highest BCUT2D eigenvalue weighted by molar-refractivity contribution is 6.30. The number of amides is 2. The van der Waals surface area contributed by atoms with E-state index in [0.29, 0.717) is 29.6 Å². The Morgan fingerprint density at radius 2 is 2.04 bits per heavy atom. The van der Waals surface area contributed by atoms with Crippen molar-refractivity contribution in [2.24, 2.45) is 4.99 Å². The second kappa shape index (κ2) is 7.51. The van der Waals surface area contributed by atoms with Gasteiger partial charge in [0.05, 0.1) is 6.54 Å². The van der Waals surface area contributed by atoms with Gasteiger partial charge in [0.2, 0.25) is 5.66 Å². The first kappa shape index (κ1) is 18.5. The molecule has 1 unspecified atom stereocenters. The van der Waals surface area contributed by atoms with Gasteiger partial charge in [0, 0.05) is 17.1 Å². The van der Waals surface area contributed by atoms with Gasteiger partial charge in [-0.3, -0.25) is 9.89 Å². The molecule has 0 spiro atoms. The summed E-state index contributed by atoms with van der Waals surface area (Å²) in [7, 11) is 4.02. The van der Waals surface area contributed by atoms with Crippen LogP contribution in [0.3, 0.4) is 0 Å². The number of carbonyl (C=O) groups is 1. The third kappa shape index (κ3) is 3.48. The zero-order valence-corrected chi connectivity index (χ0v) is 15.8. The van der Waals surface area contributed by atoms with E-state index in [1.54, 1.807) is 4.90 Å². The largest absolute Gasteiger partial charge is 0.456 e. The lowest BCUT2D eigenvalue weighted by molar-refractivity contribution is 0.139. The van der Waals surface area contributed by atoms with Gasteiger partial charge in [0.1, 0.15) is 5.76 Å². The minimum atomic E-state index is -0.923. The zero-order valence-electron chi connectivity index (χ0n) is 15.0. The number of hydrogen-bond donors (Lipinski definition) is 1. The number of benzene rings is 1. The van der Waals surface area contributed by atoms with E-state index >= 15 is 0 Å². The molecule has 1 aliphatic rings. The summed E-state index contributed by atoms with van der Waals surface area (Å²) < 4.78 is 6.07. The van der Waals surface area contributed by atoms with Gasteiger partial charge in [-0.25, -0.2) is 4.79 Å². The van der Waals surface area contributed by atoms with Gasteiger partial charge >= 0.3 is 6.03 Å². The summed E-state index contributed by atoms with van der Waals surface area (Å²) in [5.74, 6) is 1.30. The third-order valence-corrected chi connectivity index (χ3v) is 4.81. The maximum atomic E-state index is 12.4. The van der Waals surface area contributed by atoms with E-state index in [2.05, 4.69) is 21.9 Å². The summed E-state index contributed by atoms with van der Waals surface area (Å²) in [5, 5.41) is 3.54. The highest BCUT2D eigenvalue weighted by atomic mass is 35.5. The molecule has 1 aliphatic heterocycles. The first-order valence-corrected chi connectivity index (χ1v) is 8.88. The molecular formula is C19H23ClN4O2. The standard InChI is InChI=1S/C19H23ClN4O2/c1-21-19(13-22-18(25)24(19)12-4-11-23(2)3)17-10-9-16(26-17)14-5-7-15(20)8-6-14/h5-10H,1,4,11-13H2,2-3H3,(H,22,25). The Morgan fingerprint density at radius 1 is 1.31 bits per heavy atom. The van der Waals surface area contributed by atoms with Gasteiger partial charge in [-0.2, -0.15) is 0 Å². The number of nitrogens with zero attached hydrogens (tertiary/aromatic N) is 3. The van der Waals surface area contributed by atoms with E-state index in [1.165, 1.54) is 0 Å². The molecule has 1 fully saturated rings. The average Bonchev–Trinajstić information content (AvgIpc) is 3.22. The third-order valence-electron chi connectivity index (χ3n) is 4.56. The quantitative estimate of drug-likeness (QED) is 0.755. The molecule has 2 heterocycles. The topological polar surface area (TPSA) is 61.1 Å². The van der Waals surface area contributed by atoms with Crippen LogP contribution in [0.15, 0.2) is 45.8 Å². The monoisotopic (exact) mass is 374 g/mol. The molecular weight excluding hydrogens is 352 g/mol. The number of furan rings is 1. The Balaban J connectivity index is 1.87. The lowest BCUT2D eigenvalue weighted by atomic mass is 10.1. The lowest BCUT2D eigenvalue weighted by Crippen LogP contribution is -2.44. The molecule has 6 nitrogen and oxygen atoms in total. The number of hydrogen-bond acceptors (Lipinski definition) is 4. The Morgan fingerprint density at radius 3 is 2.69 bits per heavy atom. The molecule has 0 bridgehead atoms. The molecule has 1 aromatic carbocycles. The smallest absolute Gasteiger partial charge is 0.319 e. The van der Waals surface area contributed by atoms with Crippen LogP contribution >= 0.6 is 11.6 Å². The van der Waals surface area contributed by atoms with Crippen LogP contribution in [0.4, 0.5) is 4.79 Å². The van der Waals surface area contributed by atoms with Crippen LogP contribution in [0.1, 0.15) is 12.2 Å². The second-order valence-corrected chi connectivity index (χ2v) is 7.05. The Bertz CT molecular complexity index is 787. The summed E-state index contributed by atoms with van der Waals surface area (Å²) >= 11 is 5.95. The minimum Gasteiger partial charge on any atom is -0.456 e. The molecule has 26 heavy (non-hydrogen) atoms. The minimum absolute atomic E-state index is 0.152. The lowest BCUT2D eigenvalue weighted by Gasteiger charge is -2.31. The molecule has 1 aromatic heterocycles. The van der Waals surface area contributed by atoms with E-state index in [1.807, 2.05) is 50.5 Å². The molecule has 2 amide bonds. The van der Waals surface area contributed by atoms with E-state index in [0.717, 1.165) is 18.5 Å². The van der Waals surface area contributed by atoms with Crippen molar-refractivity contribution in [2.45, 2.75) is 12.1 Å². The molecule has 7 heteroatoms. The number of aliphatic imine (C=N–C) groups is 1. The number of halogens is 1. The fraction of sp³-hybridized carbons (Fsp3) is 0.368. The Hall–Kier alpha value is -2.31. The number of nitrogens with one attached hydrogen (secondary N) is 1. The molecule has 1 atom stereocenters. The van der Waals surface area contributed by atoms with Crippen LogP contribution < -0.4 is 5.32 Å². The molecule has 1 N–H and O–H groups in total. The highest BCUT2D eigenvalue weighted by Crippen LogP contribution is 2.36. The van der Waals surface area contributed by atoms with Crippen molar-refractivity contribution >= 4 is 24.3 Å². The maximum Gasteiger partial charge on any atom is 0.319 e. The zero-order chi connectivity index (χ0) is 18.7. The van der Waals surface area contributed by atoms with Gasteiger partial charge in [-0.1, -0.05) is 11.6 Å². The highest BCUT2D eigenvalue weighted by Gasteiger charge is 2.48. The van der Waals surface area contributed by atoms with Crippen LogP contribution in [0.25, 0.3) is 11.3 Å². The molecule has 2 aromatic rings. The van der Waals surface area contributed by atoms with Crippen LogP contribution in [-0.2, 0) is 5.66 Å². The second-order valence-electron chi connectivity index (χ2n) is 6.61. The fourth-order valence-corrected chi connectivity index (χ4v) is 3.28. The first-order valence-electron chi connectivity index (χ1n) is 8.50. The van der Waals surface area contributed by atoms with Gasteiger partial charge in [0.15, 0.2) is 5.76 Å². The SMILES string of the molecule is C=NC1(c2ccc(-c3ccc(Cl)cc3)o2)CNC(=O)N1CCCN(C)C. The number of carbonyl (C=O) groups excluding carboxylic acids is 1. The van der Waals surface area contributed by atoms with Crippen LogP contribution in [0.5, 0.6) is 0 Å². The van der Waals surface area contributed by atoms with E-state index in [4.69, 9.17) is 16.0 Å². The van der Waals surface area contributed by atoms with Crippen molar-refractivity contribution in [3.63, 3.8) is 0 Å². The molecule has 138 valence electrons. The molecule has 3 rings (SSSR count). The number of rotatable bonds is 7. The van der Waals surface area contributed by atoms with Crippen LogP contribution in [0, 0.1) is 0 Å². The summed E-state index contributed by atoms with van der Waals surface area (Å²) in [4.78, 5) is 20.5. The summed E-state index contributed by atoms with van der Waals surface area (Å²) in [6.07, 6.45) is 0.836. The predicted molar refractivity (Wildman–Crippen MR) is 104 cm³/mol. The average molecular weight is 375 g/mol. The predicted octanol–water partition coefficient (Wildman–Crippen LogP) is 3.43. The summed E-state index contributed by atoms with van der Waals surface area (Å²) in [6.45, 7) is 5.53. The van der Waals surface area contributed by atoms with E-state index < -0.39 is 5.66 Å². The fourth-order valence-electron chi connectivity index (χ4n) is 3.15. The molecule has 0 saturated carbocycles. The Labute approximate surface area is 158 Å². The van der Waals surface area contributed by atoms with Crippen molar-refractivity contribution in [1.29, 1.82) is 0 Å². The van der Waals surface area contributed by atoms with Crippen molar-refractivity contribution < 1.29 is 9.21 Å². The van der Waals surface area contributed by atoms with E-state index in [-0.39, 0.29) is 6.03 Å². The van der Waals surface area contributed by atoms with Gasteiger partial charge in [-0.05, 0) is 70.2 Å². The van der Waals surface area contributed by atoms with Crippen LogP contribution in [-0.4, -0.2) is 56.3 Å². The normalized spacial score (nSPS) is 19.8. The molecule has 0 aliphatic carbocycles. The molecule has 0 radical (unpaired) electrons. The summed E-state index contributed by atoms with van der Waals surface area (Å²) in [6, 6.07) is 11.0. The van der Waals surface area contributed by atoms with Crippen molar-refractivity contribution in [2.75, 3.05) is 33.7 Å². The summed E-state index contributed by atoms with van der Waals surface area (Å²) in [5.41, 5.74) is -0.00930.